The summed E-state index contributed by atoms with van der Waals surface area (Å²) in [5.74, 6) is -0.329. The number of nitrogens with one attached hydrogen (secondary N) is 1. The molecule has 3 atom stereocenters. The normalized spacial score (nSPS) is 13.8. The number of hydrogen-bond acceptors (Lipinski definition) is 4. The molecule has 0 radical (unpaired) electrons. The Kier molecular flexibility index (Phi) is 44.1. The molecule has 1 amide bonds. The van der Waals surface area contributed by atoms with Gasteiger partial charge in [0.15, 0.2) is 0 Å². The predicted molar refractivity (Wildman–Crippen MR) is 241 cm³/mol. The van der Waals surface area contributed by atoms with Crippen LogP contribution in [0.4, 0.5) is 0 Å². The number of aliphatic hydroxyl groups excluding tert-OH is 3. The maximum Gasteiger partial charge on any atom is 0.222 e. The van der Waals surface area contributed by atoms with E-state index in [0.29, 0.717) is 6.42 Å². The van der Waals surface area contributed by atoms with Crippen LogP contribution < -0.4 is 5.32 Å². The Morgan fingerprint density at radius 3 is 1.16 bits per heavy atom. The predicted octanol–water partition coefficient (Wildman–Crippen LogP) is 14.3. The molecule has 0 aromatic carbocycles. The fraction of sp³-hybridized carbons (Fsp3) is 0.860. The molecule has 0 aromatic heterocycles. The van der Waals surface area contributed by atoms with E-state index in [1.807, 2.05) is 6.08 Å². The van der Waals surface area contributed by atoms with Gasteiger partial charge in [-0.15, -0.1) is 0 Å². The van der Waals surface area contributed by atoms with Crippen LogP contribution in [0.1, 0.15) is 251 Å². The average Bonchev–Trinajstić information content (AvgIpc) is 3.18. The van der Waals surface area contributed by atoms with Crippen molar-refractivity contribution in [2.75, 3.05) is 6.61 Å². The van der Waals surface area contributed by atoms with Crippen molar-refractivity contribution in [3.63, 3.8) is 0 Å². The summed E-state index contributed by atoms with van der Waals surface area (Å²) < 4.78 is 0. The SMILES string of the molecule is CCCCCCCCCCC/C=C\CCCCCCCC(O)CC(=O)NC(CO)C(O)/C=C/CC/C=C/CCCCCCCCCCCCCCCCCC. The van der Waals surface area contributed by atoms with Gasteiger partial charge in [0, 0.05) is 0 Å². The highest BCUT2D eigenvalue weighted by Crippen LogP contribution is 2.16. The van der Waals surface area contributed by atoms with E-state index >= 15 is 0 Å². The Morgan fingerprint density at radius 2 is 0.782 bits per heavy atom. The summed E-state index contributed by atoms with van der Waals surface area (Å²) in [6, 6.07) is -0.763. The molecule has 0 rings (SSSR count). The summed E-state index contributed by atoms with van der Waals surface area (Å²) >= 11 is 0. The number of carbonyl (C=O) groups excluding carboxylic acids is 1. The molecule has 0 aliphatic heterocycles. The number of unbranched alkanes of at least 4 members (excludes halogenated alkanes) is 31. The van der Waals surface area contributed by atoms with Crippen LogP contribution in [0.3, 0.4) is 0 Å². The number of carbonyl (C=O) groups is 1. The summed E-state index contributed by atoms with van der Waals surface area (Å²) in [5, 5.41) is 33.3. The fourth-order valence-corrected chi connectivity index (χ4v) is 7.41. The molecule has 3 unspecified atom stereocenters. The van der Waals surface area contributed by atoms with Crippen molar-refractivity contribution in [2.45, 2.75) is 270 Å². The zero-order valence-corrected chi connectivity index (χ0v) is 36.8. The Labute approximate surface area is 343 Å². The van der Waals surface area contributed by atoms with Crippen LogP contribution in [0, 0.1) is 0 Å². The molecule has 0 aliphatic rings. The number of allylic oxidation sites excluding steroid dienone is 5. The molecule has 324 valence electrons. The van der Waals surface area contributed by atoms with E-state index < -0.39 is 18.2 Å². The molecule has 4 N–H and O–H groups in total. The monoisotopic (exact) mass is 774 g/mol. The minimum atomic E-state index is -0.954. The first-order valence-electron chi connectivity index (χ1n) is 24.3. The molecule has 0 saturated heterocycles. The van der Waals surface area contributed by atoms with Crippen LogP contribution in [0.25, 0.3) is 0 Å². The third kappa shape index (κ3) is 42.0. The van der Waals surface area contributed by atoms with Gasteiger partial charge >= 0.3 is 0 Å². The van der Waals surface area contributed by atoms with Gasteiger partial charge in [0.25, 0.3) is 0 Å². The molecule has 0 heterocycles. The van der Waals surface area contributed by atoms with Crippen molar-refractivity contribution in [1.29, 1.82) is 0 Å². The molecule has 5 nitrogen and oxygen atoms in total. The molecule has 55 heavy (non-hydrogen) atoms. The van der Waals surface area contributed by atoms with E-state index in [0.717, 1.165) is 44.9 Å². The Balaban J connectivity index is 3.68. The fourth-order valence-electron chi connectivity index (χ4n) is 7.41. The lowest BCUT2D eigenvalue weighted by Crippen LogP contribution is -2.45. The number of hydrogen-bond donors (Lipinski definition) is 4. The number of aliphatic hydroxyl groups is 3. The van der Waals surface area contributed by atoms with E-state index in [2.05, 4.69) is 43.5 Å². The average molecular weight is 774 g/mol. The van der Waals surface area contributed by atoms with Crippen LogP contribution >= 0.6 is 0 Å². The van der Waals surface area contributed by atoms with Gasteiger partial charge in [-0.2, -0.15) is 0 Å². The molecule has 0 saturated carbocycles. The van der Waals surface area contributed by atoms with E-state index in [-0.39, 0.29) is 18.9 Å². The first-order chi connectivity index (χ1) is 27.0. The zero-order valence-electron chi connectivity index (χ0n) is 36.8. The Bertz CT molecular complexity index is 855. The first kappa shape index (κ1) is 53.6. The molecule has 5 heteroatoms. The lowest BCUT2D eigenvalue weighted by atomic mass is 10.0. The third-order valence-corrected chi connectivity index (χ3v) is 11.1. The van der Waals surface area contributed by atoms with Crippen LogP contribution in [0.5, 0.6) is 0 Å². The van der Waals surface area contributed by atoms with Crippen LogP contribution in [-0.2, 0) is 4.79 Å². The lowest BCUT2D eigenvalue weighted by Gasteiger charge is -2.20. The van der Waals surface area contributed by atoms with E-state index in [1.54, 1.807) is 6.08 Å². The summed E-state index contributed by atoms with van der Waals surface area (Å²) in [6.07, 6.45) is 57.3. The highest BCUT2D eigenvalue weighted by molar-refractivity contribution is 5.76. The quantitative estimate of drug-likeness (QED) is 0.0367. The van der Waals surface area contributed by atoms with Crippen molar-refractivity contribution in [2.24, 2.45) is 0 Å². The maximum atomic E-state index is 12.5. The molecular weight excluding hydrogens is 679 g/mol. The van der Waals surface area contributed by atoms with Crippen molar-refractivity contribution in [3.05, 3.63) is 36.5 Å². The van der Waals surface area contributed by atoms with Gasteiger partial charge in [-0.05, 0) is 57.8 Å². The molecule has 0 aliphatic carbocycles. The summed E-state index contributed by atoms with van der Waals surface area (Å²) in [5.41, 5.74) is 0. The van der Waals surface area contributed by atoms with Gasteiger partial charge in [-0.3, -0.25) is 4.79 Å². The Morgan fingerprint density at radius 1 is 0.455 bits per heavy atom. The molecule has 0 bridgehead atoms. The van der Waals surface area contributed by atoms with Crippen molar-refractivity contribution >= 4 is 5.91 Å². The lowest BCUT2D eigenvalue weighted by molar-refractivity contribution is -0.124. The molecular formula is C50H95NO4. The van der Waals surface area contributed by atoms with Gasteiger partial charge < -0.3 is 20.6 Å². The van der Waals surface area contributed by atoms with Crippen molar-refractivity contribution in [3.8, 4) is 0 Å². The molecule has 0 spiro atoms. The molecule has 0 aromatic rings. The summed E-state index contributed by atoms with van der Waals surface area (Å²) in [6.45, 7) is 4.21. The minimum absolute atomic E-state index is 0.000876. The Hall–Kier alpha value is -1.43. The topological polar surface area (TPSA) is 89.8 Å². The zero-order chi connectivity index (χ0) is 40.1. The van der Waals surface area contributed by atoms with Crippen LogP contribution in [0.2, 0.25) is 0 Å². The minimum Gasteiger partial charge on any atom is -0.394 e. The number of rotatable bonds is 44. The van der Waals surface area contributed by atoms with Crippen molar-refractivity contribution < 1.29 is 20.1 Å². The second kappa shape index (κ2) is 45.3. The third-order valence-electron chi connectivity index (χ3n) is 11.1. The largest absolute Gasteiger partial charge is 0.394 e. The van der Waals surface area contributed by atoms with Crippen LogP contribution in [-0.4, -0.2) is 46.1 Å². The van der Waals surface area contributed by atoms with E-state index in [9.17, 15) is 20.1 Å². The van der Waals surface area contributed by atoms with Gasteiger partial charge in [-0.1, -0.05) is 224 Å². The first-order valence-corrected chi connectivity index (χ1v) is 24.3. The highest BCUT2D eigenvalue weighted by atomic mass is 16.3. The van der Waals surface area contributed by atoms with E-state index in [4.69, 9.17) is 0 Å². The standard InChI is InChI=1S/C50H95NO4/c1-3-5-7-9-11-13-15-17-19-21-23-24-25-26-28-30-32-34-36-38-40-42-44-49(54)48(46-52)51-50(55)45-47(53)43-41-39-37-35-33-31-29-27-22-20-18-16-14-12-10-8-6-4-2/h27,29,34,36,42,44,47-49,52-54H,3-26,28,30-33,35,37-41,43,45-46H2,1-2H3,(H,51,55)/b29-27-,36-34+,44-42+. The van der Waals surface area contributed by atoms with Gasteiger partial charge in [0.05, 0.1) is 31.3 Å². The van der Waals surface area contributed by atoms with E-state index in [1.165, 1.54) is 180 Å². The maximum absolute atomic E-state index is 12.5. The summed E-state index contributed by atoms with van der Waals surface area (Å²) in [7, 11) is 0. The summed E-state index contributed by atoms with van der Waals surface area (Å²) in [4.78, 5) is 12.5. The van der Waals surface area contributed by atoms with Crippen molar-refractivity contribution in [1.82, 2.24) is 5.32 Å². The van der Waals surface area contributed by atoms with Gasteiger partial charge in [0.2, 0.25) is 5.91 Å². The van der Waals surface area contributed by atoms with Gasteiger partial charge in [-0.25, -0.2) is 0 Å². The van der Waals surface area contributed by atoms with Gasteiger partial charge in [0.1, 0.15) is 0 Å². The second-order valence-electron chi connectivity index (χ2n) is 16.7. The smallest absolute Gasteiger partial charge is 0.222 e. The molecule has 0 fully saturated rings. The highest BCUT2D eigenvalue weighted by Gasteiger charge is 2.20. The number of amides is 1. The van der Waals surface area contributed by atoms with Crippen LogP contribution in [0.15, 0.2) is 36.5 Å². The second-order valence-corrected chi connectivity index (χ2v) is 16.7.